The second-order valence-electron chi connectivity index (χ2n) is 8.81. The van der Waals surface area contributed by atoms with Crippen LogP contribution in [0.25, 0.3) is 22.4 Å². The Labute approximate surface area is 222 Å². The molecular formula is C23H28ClN9O5. The van der Waals surface area contributed by atoms with E-state index in [4.69, 9.17) is 20.8 Å². The number of fused-ring (bicyclic) bond motifs is 2. The highest BCUT2D eigenvalue weighted by molar-refractivity contribution is 6.28. The van der Waals surface area contributed by atoms with Gasteiger partial charge in [-0.25, -0.2) is 9.97 Å². The van der Waals surface area contributed by atoms with Crippen LogP contribution in [0.5, 0.6) is 0 Å². The van der Waals surface area contributed by atoms with E-state index in [2.05, 4.69) is 35.6 Å². The number of oxazole rings is 1. The van der Waals surface area contributed by atoms with Crippen LogP contribution in [0.2, 0.25) is 5.28 Å². The van der Waals surface area contributed by atoms with Gasteiger partial charge in [-0.3, -0.25) is 9.36 Å². The number of hydrogen-bond donors (Lipinski definition) is 4. The van der Waals surface area contributed by atoms with E-state index >= 15 is 0 Å². The highest BCUT2D eigenvalue weighted by Crippen LogP contribution is 2.33. The Bertz CT molecular complexity index is 1490. The standard InChI is InChI=1S/C23H28ClN9O5/c1-5-32(6-2)23-30-18-15(38-23)10(3)7-11(28-18)8-26-17-12-19(31-22(24)29-17)33(9-27-12)21-14(35)13(34)16(37-21)20(36)25-4/h7,9,13-14,16,21,34-35H,5-6,8H2,1-4H3,(H,25,36)(H,26,29,31)/t13-,14+,16-,21+/m0/s1. The number of imidazole rings is 1. The molecule has 14 nitrogen and oxygen atoms in total. The van der Waals surface area contributed by atoms with Crippen LogP contribution in [0.15, 0.2) is 16.8 Å². The molecule has 4 atom stereocenters. The number of aromatic nitrogens is 6. The molecule has 0 unspecified atom stereocenters. The molecular weight excluding hydrogens is 518 g/mol. The molecule has 0 saturated carbocycles. The van der Waals surface area contributed by atoms with E-state index in [0.717, 1.165) is 18.7 Å². The molecule has 0 aromatic carbocycles. The van der Waals surface area contributed by atoms with Gasteiger partial charge < -0.3 is 34.9 Å². The molecule has 202 valence electrons. The van der Waals surface area contributed by atoms with Gasteiger partial charge in [-0.05, 0) is 44.0 Å². The Balaban J connectivity index is 1.42. The minimum absolute atomic E-state index is 0.0717. The smallest absolute Gasteiger partial charge is 0.299 e. The van der Waals surface area contributed by atoms with E-state index in [-0.39, 0.29) is 17.5 Å². The number of carbonyl (C=O) groups excluding carboxylic acids is 1. The Morgan fingerprint density at radius 2 is 1.95 bits per heavy atom. The summed E-state index contributed by atoms with van der Waals surface area (Å²) in [6, 6.07) is 2.43. The summed E-state index contributed by atoms with van der Waals surface area (Å²) in [4.78, 5) is 36.1. The molecule has 38 heavy (non-hydrogen) atoms. The monoisotopic (exact) mass is 545 g/mol. The van der Waals surface area contributed by atoms with Gasteiger partial charge in [0.25, 0.3) is 11.9 Å². The minimum Gasteiger partial charge on any atom is -0.421 e. The first-order valence-corrected chi connectivity index (χ1v) is 12.5. The molecule has 0 radical (unpaired) electrons. The quantitative estimate of drug-likeness (QED) is 0.232. The summed E-state index contributed by atoms with van der Waals surface area (Å²) in [5.74, 6) is -0.229. The zero-order valence-electron chi connectivity index (χ0n) is 21.2. The maximum atomic E-state index is 12.0. The van der Waals surface area contributed by atoms with E-state index in [9.17, 15) is 15.0 Å². The van der Waals surface area contributed by atoms with Crippen molar-refractivity contribution in [1.82, 2.24) is 34.8 Å². The van der Waals surface area contributed by atoms with Gasteiger partial charge in [-0.15, -0.1) is 0 Å². The van der Waals surface area contributed by atoms with Crippen molar-refractivity contribution in [2.24, 2.45) is 0 Å². The molecule has 5 heterocycles. The average molecular weight is 546 g/mol. The molecule has 0 spiro atoms. The van der Waals surface area contributed by atoms with Crippen molar-refractivity contribution in [2.45, 2.75) is 51.9 Å². The van der Waals surface area contributed by atoms with Gasteiger partial charge in [0.15, 0.2) is 34.9 Å². The van der Waals surface area contributed by atoms with E-state index in [1.54, 1.807) is 0 Å². The zero-order chi connectivity index (χ0) is 27.1. The lowest BCUT2D eigenvalue weighted by molar-refractivity contribution is -0.137. The molecule has 4 aromatic heterocycles. The summed E-state index contributed by atoms with van der Waals surface area (Å²) in [7, 11) is 1.41. The van der Waals surface area contributed by atoms with Gasteiger partial charge in [0, 0.05) is 20.1 Å². The largest absolute Gasteiger partial charge is 0.421 e. The van der Waals surface area contributed by atoms with Crippen LogP contribution in [0, 0.1) is 6.92 Å². The maximum Gasteiger partial charge on any atom is 0.299 e. The van der Waals surface area contributed by atoms with Crippen LogP contribution >= 0.6 is 11.6 Å². The lowest BCUT2D eigenvalue weighted by Crippen LogP contribution is -2.41. The number of aryl methyl sites for hydroxylation is 1. The summed E-state index contributed by atoms with van der Waals surface area (Å²) in [6.45, 7) is 7.80. The highest BCUT2D eigenvalue weighted by Gasteiger charge is 2.47. The SMILES string of the molecule is CCN(CC)c1nc2nc(CNc3nc(Cl)nc4c3ncn4[C@@H]3O[C@H](C(=O)NC)[C@@H](O)[C@H]3O)cc(C)c2o1. The third-order valence-corrected chi connectivity index (χ3v) is 6.64. The average Bonchev–Trinajstić information content (AvgIpc) is 3.59. The fourth-order valence-electron chi connectivity index (χ4n) is 4.46. The summed E-state index contributed by atoms with van der Waals surface area (Å²) in [6.07, 6.45) is -3.82. The summed E-state index contributed by atoms with van der Waals surface area (Å²) in [5, 5.41) is 26.4. The van der Waals surface area contributed by atoms with Gasteiger partial charge in [0.1, 0.15) is 12.2 Å². The van der Waals surface area contributed by atoms with Crippen molar-refractivity contribution in [3.8, 4) is 0 Å². The molecule has 0 aliphatic carbocycles. The van der Waals surface area contributed by atoms with Gasteiger partial charge in [0.2, 0.25) is 10.9 Å². The van der Waals surface area contributed by atoms with Crippen LogP contribution in [-0.2, 0) is 16.1 Å². The number of nitrogens with zero attached hydrogens (tertiary/aromatic N) is 7. The van der Waals surface area contributed by atoms with E-state index in [0.29, 0.717) is 34.3 Å². The Morgan fingerprint density at radius 3 is 2.66 bits per heavy atom. The Kier molecular flexibility index (Phi) is 7.05. The van der Waals surface area contributed by atoms with Crippen molar-refractivity contribution < 1.29 is 24.2 Å². The van der Waals surface area contributed by atoms with Crippen LogP contribution in [-0.4, -0.2) is 84.1 Å². The van der Waals surface area contributed by atoms with Crippen molar-refractivity contribution in [2.75, 3.05) is 30.4 Å². The predicted molar refractivity (Wildman–Crippen MR) is 138 cm³/mol. The third kappa shape index (κ3) is 4.49. The normalized spacial score (nSPS) is 21.3. The molecule has 1 amide bonds. The summed E-state index contributed by atoms with van der Waals surface area (Å²) < 4.78 is 13.0. The van der Waals surface area contributed by atoms with Gasteiger partial charge >= 0.3 is 0 Å². The van der Waals surface area contributed by atoms with Crippen molar-refractivity contribution in [1.29, 1.82) is 0 Å². The fraction of sp³-hybridized carbons (Fsp3) is 0.478. The summed E-state index contributed by atoms with van der Waals surface area (Å²) in [5.41, 5.74) is 3.34. The first-order chi connectivity index (χ1) is 18.2. The fourth-order valence-corrected chi connectivity index (χ4v) is 4.62. The molecule has 5 rings (SSSR count). The number of rotatable bonds is 8. The number of aliphatic hydroxyl groups excluding tert-OH is 2. The minimum atomic E-state index is -1.43. The van der Waals surface area contributed by atoms with E-state index in [1.165, 1.54) is 17.9 Å². The predicted octanol–water partition coefficient (Wildman–Crippen LogP) is 1.15. The topological polar surface area (TPSA) is 177 Å². The van der Waals surface area contributed by atoms with Crippen LogP contribution < -0.4 is 15.5 Å². The lowest BCUT2D eigenvalue weighted by Gasteiger charge is -2.16. The molecule has 15 heteroatoms. The number of aliphatic hydroxyl groups is 2. The van der Waals surface area contributed by atoms with Crippen molar-refractivity contribution in [3.63, 3.8) is 0 Å². The van der Waals surface area contributed by atoms with E-state index in [1.807, 2.05) is 31.7 Å². The Hall–Kier alpha value is -3.59. The van der Waals surface area contributed by atoms with Gasteiger partial charge in [-0.1, -0.05) is 0 Å². The number of hydrogen-bond acceptors (Lipinski definition) is 12. The van der Waals surface area contributed by atoms with Gasteiger partial charge in [0.05, 0.1) is 18.6 Å². The summed E-state index contributed by atoms with van der Waals surface area (Å²) >= 11 is 6.21. The second kappa shape index (κ2) is 10.3. The number of carbonyl (C=O) groups is 1. The number of anilines is 2. The molecule has 4 N–H and O–H groups in total. The lowest BCUT2D eigenvalue weighted by atomic mass is 10.1. The second-order valence-corrected chi connectivity index (χ2v) is 9.15. The molecule has 0 bridgehead atoms. The molecule has 1 fully saturated rings. The molecule has 1 aliphatic rings. The molecule has 1 aliphatic heterocycles. The maximum absolute atomic E-state index is 12.0. The number of pyridine rings is 1. The number of likely N-dealkylation sites (N-methyl/N-ethyl adjacent to an activating group) is 1. The van der Waals surface area contributed by atoms with E-state index < -0.39 is 30.4 Å². The third-order valence-electron chi connectivity index (χ3n) is 6.47. The first-order valence-electron chi connectivity index (χ1n) is 12.1. The number of ether oxygens (including phenoxy) is 1. The van der Waals surface area contributed by atoms with Crippen molar-refractivity contribution >= 4 is 51.7 Å². The first kappa shape index (κ1) is 26.0. The number of nitrogens with one attached hydrogen (secondary N) is 2. The van der Waals surface area contributed by atoms with Gasteiger partial charge in [-0.2, -0.15) is 15.0 Å². The molecule has 4 aromatic rings. The Morgan fingerprint density at radius 1 is 1.18 bits per heavy atom. The zero-order valence-corrected chi connectivity index (χ0v) is 22.0. The number of amides is 1. The number of halogens is 1. The van der Waals surface area contributed by atoms with Crippen LogP contribution in [0.3, 0.4) is 0 Å². The van der Waals surface area contributed by atoms with Crippen LogP contribution in [0.4, 0.5) is 11.8 Å². The molecule has 1 saturated heterocycles. The van der Waals surface area contributed by atoms with Crippen molar-refractivity contribution in [3.05, 3.63) is 28.9 Å². The van der Waals surface area contributed by atoms with Crippen LogP contribution in [0.1, 0.15) is 31.3 Å². The highest BCUT2D eigenvalue weighted by atomic mass is 35.5.